The van der Waals surface area contributed by atoms with E-state index in [9.17, 15) is 4.79 Å². The van der Waals surface area contributed by atoms with E-state index >= 15 is 0 Å². The molecule has 2 aliphatic rings. The van der Waals surface area contributed by atoms with Crippen LogP contribution in [0.1, 0.15) is 41.3 Å². The lowest BCUT2D eigenvalue weighted by Gasteiger charge is -2.37. The van der Waals surface area contributed by atoms with Crippen LogP contribution in [0.5, 0.6) is 0 Å². The molecular formula is C18H26N2O. The Morgan fingerprint density at radius 2 is 1.81 bits per heavy atom. The lowest BCUT2D eigenvalue weighted by Crippen LogP contribution is -2.52. The first kappa shape index (κ1) is 14.7. The molecule has 0 N–H and O–H groups in total. The first-order valence-electron chi connectivity index (χ1n) is 8.16. The van der Waals surface area contributed by atoms with E-state index in [1.807, 2.05) is 13.0 Å². The van der Waals surface area contributed by atoms with Crippen molar-refractivity contribution < 1.29 is 4.79 Å². The van der Waals surface area contributed by atoms with E-state index in [1.54, 1.807) is 0 Å². The Balaban J connectivity index is 1.65. The van der Waals surface area contributed by atoms with E-state index in [0.717, 1.165) is 48.9 Å². The summed E-state index contributed by atoms with van der Waals surface area (Å²) >= 11 is 0. The molecule has 1 heterocycles. The van der Waals surface area contributed by atoms with E-state index in [4.69, 9.17) is 0 Å². The molecule has 1 saturated carbocycles. The fourth-order valence-electron chi connectivity index (χ4n) is 3.32. The van der Waals surface area contributed by atoms with Gasteiger partial charge >= 0.3 is 0 Å². The van der Waals surface area contributed by atoms with Crippen molar-refractivity contribution in [1.82, 2.24) is 9.80 Å². The Kier molecular flexibility index (Phi) is 4.14. The molecule has 1 atom stereocenters. The highest BCUT2D eigenvalue weighted by Gasteiger charge is 2.33. The van der Waals surface area contributed by atoms with Gasteiger partial charge in [-0.1, -0.05) is 17.7 Å². The second-order valence-corrected chi connectivity index (χ2v) is 6.66. The van der Waals surface area contributed by atoms with Crippen LogP contribution in [0.3, 0.4) is 0 Å². The average Bonchev–Trinajstić information content (AvgIpc) is 3.33. The molecule has 1 unspecified atom stereocenters. The summed E-state index contributed by atoms with van der Waals surface area (Å²) in [6, 6.07) is 7.00. The minimum Gasteiger partial charge on any atom is -0.298 e. The molecule has 21 heavy (non-hydrogen) atoms. The number of nitrogens with zero attached hydrogens (tertiary/aromatic N) is 2. The third-order valence-electron chi connectivity index (χ3n) is 5.00. The molecule has 0 amide bonds. The number of rotatable bonds is 4. The SMILES string of the molecule is Cc1ccc(C)c(C(=O)C(C)N2CCN(C3CC3)CC2)c1. The number of benzene rings is 1. The van der Waals surface area contributed by atoms with Crippen molar-refractivity contribution in [3.05, 3.63) is 34.9 Å². The Hall–Kier alpha value is -1.19. The van der Waals surface area contributed by atoms with Gasteiger partial charge in [-0.05, 0) is 45.2 Å². The molecule has 3 heteroatoms. The summed E-state index contributed by atoms with van der Waals surface area (Å²) < 4.78 is 0. The predicted molar refractivity (Wildman–Crippen MR) is 85.9 cm³/mol. The first-order valence-corrected chi connectivity index (χ1v) is 8.16. The van der Waals surface area contributed by atoms with Crippen LogP contribution in [-0.2, 0) is 0 Å². The van der Waals surface area contributed by atoms with Crippen molar-refractivity contribution in [2.45, 2.75) is 45.7 Å². The second-order valence-electron chi connectivity index (χ2n) is 6.66. The number of carbonyl (C=O) groups excluding carboxylic acids is 1. The first-order chi connectivity index (χ1) is 10.1. The zero-order valence-electron chi connectivity index (χ0n) is 13.4. The molecule has 0 aromatic heterocycles. The zero-order chi connectivity index (χ0) is 15.0. The summed E-state index contributed by atoms with van der Waals surface area (Å²) in [5.41, 5.74) is 3.15. The van der Waals surface area contributed by atoms with Gasteiger partial charge in [-0.3, -0.25) is 14.6 Å². The van der Waals surface area contributed by atoms with Gasteiger partial charge in [0.25, 0.3) is 0 Å². The summed E-state index contributed by atoms with van der Waals surface area (Å²) in [6.45, 7) is 10.4. The van der Waals surface area contributed by atoms with Crippen LogP contribution in [0.2, 0.25) is 0 Å². The van der Waals surface area contributed by atoms with Gasteiger partial charge in [-0.2, -0.15) is 0 Å². The topological polar surface area (TPSA) is 23.6 Å². The number of carbonyl (C=O) groups is 1. The van der Waals surface area contributed by atoms with Crippen LogP contribution < -0.4 is 0 Å². The lowest BCUT2D eigenvalue weighted by atomic mass is 9.97. The van der Waals surface area contributed by atoms with Gasteiger partial charge in [0, 0.05) is 37.8 Å². The van der Waals surface area contributed by atoms with Crippen LogP contribution in [-0.4, -0.2) is 53.8 Å². The molecule has 2 fully saturated rings. The van der Waals surface area contributed by atoms with E-state index in [0.29, 0.717) is 0 Å². The summed E-state index contributed by atoms with van der Waals surface area (Å²) in [7, 11) is 0. The molecular weight excluding hydrogens is 260 g/mol. The Morgan fingerprint density at radius 3 is 2.43 bits per heavy atom. The van der Waals surface area contributed by atoms with Crippen LogP contribution in [0.25, 0.3) is 0 Å². The van der Waals surface area contributed by atoms with Gasteiger partial charge in [0.2, 0.25) is 0 Å². The minimum atomic E-state index is -0.00754. The molecule has 1 aromatic rings. The summed E-state index contributed by atoms with van der Waals surface area (Å²) in [6.07, 6.45) is 2.74. The molecule has 114 valence electrons. The van der Waals surface area contributed by atoms with Crippen molar-refractivity contribution in [3.63, 3.8) is 0 Å². The molecule has 0 bridgehead atoms. The number of hydrogen-bond donors (Lipinski definition) is 0. The van der Waals surface area contributed by atoms with E-state index in [2.05, 4.69) is 35.8 Å². The zero-order valence-corrected chi connectivity index (χ0v) is 13.4. The standard InChI is InChI=1S/C18H26N2O/c1-13-4-5-14(2)17(12-13)18(21)15(3)19-8-10-20(11-9-19)16-6-7-16/h4-5,12,15-16H,6-11H2,1-3H3. The maximum atomic E-state index is 12.8. The average molecular weight is 286 g/mol. The smallest absolute Gasteiger partial charge is 0.179 e. The van der Waals surface area contributed by atoms with Crippen LogP contribution in [0.4, 0.5) is 0 Å². The quantitative estimate of drug-likeness (QED) is 0.795. The molecule has 3 rings (SSSR count). The monoisotopic (exact) mass is 286 g/mol. The van der Waals surface area contributed by atoms with Gasteiger partial charge < -0.3 is 0 Å². The van der Waals surface area contributed by atoms with Crippen LogP contribution in [0.15, 0.2) is 18.2 Å². The van der Waals surface area contributed by atoms with Crippen molar-refractivity contribution >= 4 is 5.78 Å². The highest BCUT2D eigenvalue weighted by atomic mass is 16.1. The Morgan fingerprint density at radius 1 is 1.14 bits per heavy atom. The van der Waals surface area contributed by atoms with Gasteiger partial charge in [0.1, 0.15) is 0 Å². The molecule has 1 saturated heterocycles. The van der Waals surface area contributed by atoms with Crippen molar-refractivity contribution in [2.24, 2.45) is 0 Å². The second kappa shape index (κ2) is 5.90. The van der Waals surface area contributed by atoms with Gasteiger partial charge in [0.05, 0.1) is 6.04 Å². The fourth-order valence-corrected chi connectivity index (χ4v) is 3.32. The third-order valence-corrected chi connectivity index (χ3v) is 5.00. The van der Waals surface area contributed by atoms with E-state index in [-0.39, 0.29) is 11.8 Å². The molecule has 1 aromatic carbocycles. The molecule has 3 nitrogen and oxygen atoms in total. The minimum absolute atomic E-state index is 0.00754. The summed E-state index contributed by atoms with van der Waals surface area (Å²) in [4.78, 5) is 17.7. The highest BCUT2D eigenvalue weighted by molar-refractivity contribution is 6.01. The number of piperazine rings is 1. The molecule has 0 spiro atoms. The summed E-state index contributed by atoms with van der Waals surface area (Å²) in [5, 5.41) is 0. The van der Waals surface area contributed by atoms with Gasteiger partial charge in [-0.15, -0.1) is 0 Å². The maximum Gasteiger partial charge on any atom is 0.179 e. The third kappa shape index (κ3) is 3.19. The predicted octanol–water partition coefficient (Wildman–Crippen LogP) is 2.65. The van der Waals surface area contributed by atoms with Crippen molar-refractivity contribution in [3.8, 4) is 0 Å². The van der Waals surface area contributed by atoms with Crippen molar-refractivity contribution in [1.29, 1.82) is 0 Å². The Labute approximate surface area is 127 Å². The van der Waals surface area contributed by atoms with Crippen molar-refractivity contribution in [2.75, 3.05) is 26.2 Å². The largest absolute Gasteiger partial charge is 0.298 e. The Bertz CT molecular complexity index is 528. The van der Waals surface area contributed by atoms with E-state index in [1.165, 1.54) is 12.8 Å². The normalized spacial score (nSPS) is 22.2. The number of ketones is 1. The molecule has 1 aliphatic heterocycles. The van der Waals surface area contributed by atoms with Gasteiger partial charge in [0.15, 0.2) is 5.78 Å². The number of Topliss-reactive ketones (excluding diaryl/α,β-unsaturated/α-hetero) is 1. The maximum absolute atomic E-state index is 12.8. The fraction of sp³-hybridized carbons (Fsp3) is 0.611. The lowest BCUT2D eigenvalue weighted by molar-refractivity contribution is 0.0686. The summed E-state index contributed by atoms with van der Waals surface area (Å²) in [5.74, 6) is 0.274. The van der Waals surface area contributed by atoms with E-state index < -0.39 is 0 Å². The number of hydrogen-bond acceptors (Lipinski definition) is 3. The highest BCUT2D eigenvalue weighted by Crippen LogP contribution is 2.28. The molecule has 0 radical (unpaired) electrons. The molecule has 1 aliphatic carbocycles. The van der Waals surface area contributed by atoms with Crippen LogP contribution >= 0.6 is 0 Å². The number of aryl methyl sites for hydroxylation is 2. The van der Waals surface area contributed by atoms with Crippen LogP contribution in [0, 0.1) is 13.8 Å². The van der Waals surface area contributed by atoms with Gasteiger partial charge in [-0.25, -0.2) is 0 Å².